The van der Waals surface area contributed by atoms with Crippen molar-refractivity contribution in [1.82, 2.24) is 19.9 Å². The molecule has 2 aliphatic rings. The molecule has 1 aromatic heterocycles. The van der Waals surface area contributed by atoms with E-state index < -0.39 is 0 Å². The average Bonchev–Trinajstić information content (AvgIpc) is 3.39. The molecule has 1 saturated heterocycles. The Labute approximate surface area is 166 Å². The molecule has 0 spiro atoms. The molecular formula is C22H30N4O2. The summed E-state index contributed by atoms with van der Waals surface area (Å²) in [6.45, 7) is 6.01. The summed E-state index contributed by atoms with van der Waals surface area (Å²) in [6, 6.07) is 8.13. The minimum absolute atomic E-state index is 0.325. The lowest BCUT2D eigenvalue weighted by molar-refractivity contribution is -0.133. The van der Waals surface area contributed by atoms with E-state index in [0.717, 1.165) is 44.1 Å². The van der Waals surface area contributed by atoms with Crippen LogP contribution in [-0.2, 0) is 11.3 Å². The van der Waals surface area contributed by atoms with Gasteiger partial charge in [0.1, 0.15) is 0 Å². The van der Waals surface area contributed by atoms with E-state index in [-0.39, 0.29) is 0 Å². The number of aromatic nitrogens is 2. The molecule has 28 heavy (non-hydrogen) atoms. The number of hydrogen-bond donors (Lipinski definition) is 0. The van der Waals surface area contributed by atoms with Crippen LogP contribution in [0.2, 0.25) is 0 Å². The maximum atomic E-state index is 12.5. The zero-order chi connectivity index (χ0) is 19.3. The van der Waals surface area contributed by atoms with Gasteiger partial charge in [-0.2, -0.15) is 4.98 Å². The normalized spacial score (nSPS) is 18.7. The molecule has 2 aromatic rings. The molecule has 0 radical (unpaired) electrons. The van der Waals surface area contributed by atoms with Crippen molar-refractivity contribution in [3.8, 4) is 11.4 Å². The van der Waals surface area contributed by atoms with Crippen molar-refractivity contribution in [3.05, 3.63) is 35.7 Å². The number of carbonyl (C=O) groups is 1. The van der Waals surface area contributed by atoms with E-state index in [4.69, 9.17) is 4.52 Å². The molecule has 1 saturated carbocycles. The van der Waals surface area contributed by atoms with Gasteiger partial charge in [0.2, 0.25) is 17.6 Å². The van der Waals surface area contributed by atoms with E-state index >= 15 is 0 Å². The minimum atomic E-state index is 0.325. The second kappa shape index (κ2) is 8.86. The van der Waals surface area contributed by atoms with Crippen molar-refractivity contribution in [2.75, 3.05) is 26.2 Å². The molecule has 1 aliphatic carbocycles. The first-order chi connectivity index (χ1) is 13.7. The minimum Gasteiger partial charge on any atom is -0.340 e. The summed E-state index contributed by atoms with van der Waals surface area (Å²) < 4.78 is 5.44. The van der Waals surface area contributed by atoms with Crippen molar-refractivity contribution >= 4 is 5.91 Å². The Hall–Kier alpha value is -2.21. The van der Waals surface area contributed by atoms with Crippen LogP contribution in [0, 0.1) is 12.8 Å². The highest BCUT2D eigenvalue weighted by Gasteiger charge is 2.24. The van der Waals surface area contributed by atoms with Crippen LogP contribution in [0.4, 0.5) is 0 Å². The lowest BCUT2D eigenvalue weighted by atomic mass is 10.0. The number of piperazine rings is 1. The molecule has 0 bridgehead atoms. The van der Waals surface area contributed by atoms with Crippen LogP contribution in [0.3, 0.4) is 0 Å². The number of nitrogens with zero attached hydrogens (tertiary/aromatic N) is 4. The number of rotatable bonds is 6. The van der Waals surface area contributed by atoms with E-state index in [9.17, 15) is 4.79 Å². The molecule has 0 N–H and O–H groups in total. The first-order valence-corrected chi connectivity index (χ1v) is 10.6. The van der Waals surface area contributed by atoms with Gasteiger partial charge in [-0.05, 0) is 19.3 Å². The quantitative estimate of drug-likeness (QED) is 0.763. The third-order valence-electron chi connectivity index (χ3n) is 6.10. The van der Waals surface area contributed by atoms with Crippen molar-refractivity contribution in [2.24, 2.45) is 5.92 Å². The summed E-state index contributed by atoms with van der Waals surface area (Å²) in [5.41, 5.74) is 2.18. The predicted molar refractivity (Wildman–Crippen MR) is 108 cm³/mol. The molecule has 1 amide bonds. The van der Waals surface area contributed by atoms with E-state index in [0.29, 0.717) is 30.6 Å². The Morgan fingerprint density at radius 1 is 1.11 bits per heavy atom. The highest BCUT2D eigenvalue weighted by molar-refractivity contribution is 5.76. The molecule has 2 heterocycles. The lowest BCUT2D eigenvalue weighted by Crippen LogP contribution is -2.48. The van der Waals surface area contributed by atoms with E-state index in [1.54, 1.807) is 0 Å². The van der Waals surface area contributed by atoms with Crippen molar-refractivity contribution in [2.45, 2.75) is 52.0 Å². The predicted octanol–water partition coefficient (Wildman–Crippen LogP) is 3.66. The topological polar surface area (TPSA) is 62.5 Å². The largest absolute Gasteiger partial charge is 0.340 e. The summed E-state index contributed by atoms with van der Waals surface area (Å²) in [4.78, 5) is 21.3. The molecule has 6 heteroatoms. The molecule has 0 unspecified atom stereocenters. The number of benzene rings is 1. The molecule has 150 valence electrons. The van der Waals surface area contributed by atoms with Gasteiger partial charge in [0.05, 0.1) is 6.54 Å². The monoisotopic (exact) mass is 382 g/mol. The molecule has 6 nitrogen and oxygen atoms in total. The summed E-state index contributed by atoms with van der Waals surface area (Å²) in [5.74, 6) is 2.38. The first-order valence-electron chi connectivity index (χ1n) is 10.6. The lowest BCUT2D eigenvalue weighted by Gasteiger charge is -2.34. The fourth-order valence-corrected chi connectivity index (χ4v) is 4.27. The van der Waals surface area contributed by atoms with Crippen LogP contribution in [0.15, 0.2) is 28.8 Å². The Kier molecular flexibility index (Phi) is 6.05. The third-order valence-corrected chi connectivity index (χ3v) is 6.10. The zero-order valence-corrected chi connectivity index (χ0v) is 16.8. The van der Waals surface area contributed by atoms with Gasteiger partial charge < -0.3 is 9.42 Å². The molecule has 1 aliphatic heterocycles. The SMILES string of the molecule is Cc1ccc(-c2noc(CN3CCN(C(=O)CCC4CCCC4)CC3)n2)cc1. The van der Waals surface area contributed by atoms with Gasteiger partial charge in [-0.3, -0.25) is 9.69 Å². The van der Waals surface area contributed by atoms with Crippen LogP contribution in [0.25, 0.3) is 11.4 Å². The van der Waals surface area contributed by atoms with E-state index in [2.05, 4.69) is 22.0 Å². The summed E-state index contributed by atoms with van der Waals surface area (Å²) in [5, 5.41) is 4.11. The third kappa shape index (κ3) is 4.79. The Morgan fingerprint density at radius 3 is 2.54 bits per heavy atom. The first kappa shape index (κ1) is 19.1. The Balaban J connectivity index is 1.23. The van der Waals surface area contributed by atoms with Gasteiger partial charge in [0.25, 0.3) is 0 Å². The summed E-state index contributed by atoms with van der Waals surface area (Å²) in [7, 11) is 0. The smallest absolute Gasteiger partial charge is 0.241 e. The van der Waals surface area contributed by atoms with Crippen molar-refractivity contribution in [3.63, 3.8) is 0 Å². The van der Waals surface area contributed by atoms with Gasteiger partial charge in [0.15, 0.2) is 0 Å². The molecule has 0 atom stereocenters. The number of carbonyl (C=O) groups excluding carboxylic acids is 1. The molecule has 4 rings (SSSR count). The Bertz CT molecular complexity index is 772. The van der Waals surface area contributed by atoms with Gasteiger partial charge in [0, 0.05) is 38.2 Å². The van der Waals surface area contributed by atoms with Crippen molar-refractivity contribution in [1.29, 1.82) is 0 Å². The number of hydrogen-bond acceptors (Lipinski definition) is 5. The van der Waals surface area contributed by atoms with Crippen LogP contribution in [0.1, 0.15) is 50.0 Å². The van der Waals surface area contributed by atoms with Crippen molar-refractivity contribution < 1.29 is 9.32 Å². The van der Waals surface area contributed by atoms with Gasteiger partial charge in [-0.25, -0.2) is 0 Å². The standard InChI is InChI=1S/C22H30N4O2/c1-17-6-9-19(10-7-17)22-23-20(28-24-22)16-25-12-14-26(15-13-25)21(27)11-8-18-4-2-3-5-18/h6-7,9-10,18H,2-5,8,11-16H2,1H3. The number of amides is 1. The second-order valence-electron chi connectivity index (χ2n) is 8.22. The van der Waals surface area contributed by atoms with Gasteiger partial charge in [-0.15, -0.1) is 0 Å². The molecule has 2 fully saturated rings. The van der Waals surface area contributed by atoms with Crippen LogP contribution < -0.4 is 0 Å². The van der Waals surface area contributed by atoms with Crippen LogP contribution in [-0.4, -0.2) is 52.0 Å². The van der Waals surface area contributed by atoms with Crippen LogP contribution in [0.5, 0.6) is 0 Å². The van der Waals surface area contributed by atoms with E-state index in [1.807, 2.05) is 29.2 Å². The fourth-order valence-electron chi connectivity index (χ4n) is 4.27. The second-order valence-corrected chi connectivity index (χ2v) is 8.22. The summed E-state index contributed by atoms with van der Waals surface area (Å²) in [6.07, 6.45) is 7.11. The average molecular weight is 383 g/mol. The summed E-state index contributed by atoms with van der Waals surface area (Å²) >= 11 is 0. The highest BCUT2D eigenvalue weighted by atomic mass is 16.5. The molecule has 1 aromatic carbocycles. The Morgan fingerprint density at radius 2 is 1.82 bits per heavy atom. The highest BCUT2D eigenvalue weighted by Crippen LogP contribution is 2.28. The fraction of sp³-hybridized carbons (Fsp3) is 0.591. The van der Waals surface area contributed by atoms with Crippen LogP contribution >= 0.6 is 0 Å². The maximum Gasteiger partial charge on any atom is 0.241 e. The zero-order valence-electron chi connectivity index (χ0n) is 16.8. The van der Waals surface area contributed by atoms with E-state index in [1.165, 1.54) is 31.2 Å². The maximum absolute atomic E-state index is 12.5. The molecular weight excluding hydrogens is 352 g/mol. The van der Waals surface area contributed by atoms with Gasteiger partial charge >= 0.3 is 0 Å². The number of aryl methyl sites for hydroxylation is 1. The van der Waals surface area contributed by atoms with Gasteiger partial charge in [-0.1, -0.05) is 60.7 Å².